The molecule has 0 atom stereocenters. The number of fused-ring (bicyclic) bond motifs is 1. The molecule has 0 radical (unpaired) electrons. The largest absolute Gasteiger partial charge is 0.357 e. The molecule has 0 fully saturated rings. The van der Waals surface area contributed by atoms with Gasteiger partial charge in [0.1, 0.15) is 5.82 Å². The topological polar surface area (TPSA) is 67.1 Å². The highest BCUT2D eigenvalue weighted by Gasteiger charge is 2.14. The van der Waals surface area contributed by atoms with Crippen molar-refractivity contribution in [3.8, 4) is 0 Å². The molecule has 0 saturated carbocycles. The van der Waals surface area contributed by atoms with Gasteiger partial charge < -0.3 is 15.2 Å². The van der Waals surface area contributed by atoms with Gasteiger partial charge in [0.25, 0.3) is 0 Å². The molecular formula is C20H31IN6. The van der Waals surface area contributed by atoms with Crippen LogP contribution in [0.4, 0.5) is 0 Å². The minimum absolute atomic E-state index is 0. The van der Waals surface area contributed by atoms with E-state index in [0.717, 1.165) is 43.5 Å². The van der Waals surface area contributed by atoms with Crippen LogP contribution in [0.5, 0.6) is 0 Å². The Hall–Kier alpha value is -1.64. The average molecular weight is 482 g/mol. The third-order valence-electron chi connectivity index (χ3n) is 4.85. The number of aliphatic imine (C=N–C) groups is 1. The van der Waals surface area contributed by atoms with Gasteiger partial charge in [0, 0.05) is 19.5 Å². The van der Waals surface area contributed by atoms with E-state index in [0.29, 0.717) is 13.1 Å². The Morgan fingerprint density at radius 1 is 1.07 bits per heavy atom. The van der Waals surface area contributed by atoms with E-state index in [1.54, 1.807) is 0 Å². The van der Waals surface area contributed by atoms with Gasteiger partial charge >= 0.3 is 0 Å². The van der Waals surface area contributed by atoms with Crippen LogP contribution in [0, 0.1) is 0 Å². The van der Waals surface area contributed by atoms with E-state index in [1.807, 2.05) is 0 Å². The second kappa shape index (κ2) is 11.3. The Morgan fingerprint density at radius 3 is 2.67 bits per heavy atom. The summed E-state index contributed by atoms with van der Waals surface area (Å²) in [6.45, 7) is 7.45. The summed E-state index contributed by atoms with van der Waals surface area (Å²) in [5, 5.41) is 15.5. The number of nitrogens with zero attached hydrogens (tertiary/aromatic N) is 4. The zero-order valence-corrected chi connectivity index (χ0v) is 18.7. The minimum Gasteiger partial charge on any atom is -0.357 e. The number of hydrogen-bond donors (Lipinski definition) is 2. The van der Waals surface area contributed by atoms with E-state index in [9.17, 15) is 0 Å². The number of aromatic nitrogens is 3. The molecule has 1 aliphatic rings. The number of hydrogen-bond acceptors (Lipinski definition) is 3. The van der Waals surface area contributed by atoms with Gasteiger partial charge in [0.2, 0.25) is 0 Å². The average Bonchev–Trinajstić information content (AvgIpc) is 2.90. The Labute approximate surface area is 179 Å². The van der Waals surface area contributed by atoms with Gasteiger partial charge in [-0.05, 0) is 37.3 Å². The van der Waals surface area contributed by atoms with Gasteiger partial charge in [-0.2, -0.15) is 0 Å². The summed E-state index contributed by atoms with van der Waals surface area (Å²) in [6.07, 6.45) is 5.76. The summed E-state index contributed by atoms with van der Waals surface area (Å²) in [6, 6.07) is 8.50. The fourth-order valence-corrected chi connectivity index (χ4v) is 3.40. The summed E-state index contributed by atoms with van der Waals surface area (Å²) in [7, 11) is 0. The van der Waals surface area contributed by atoms with Gasteiger partial charge in [0.05, 0.1) is 13.1 Å². The Balaban J connectivity index is 0.00000261. The van der Waals surface area contributed by atoms with E-state index in [1.165, 1.54) is 30.4 Å². The number of halogens is 1. The Kier molecular flexibility index (Phi) is 9.03. The van der Waals surface area contributed by atoms with Crippen LogP contribution in [0.3, 0.4) is 0 Å². The molecule has 1 aromatic heterocycles. The fraction of sp³-hybridized carbons (Fsp3) is 0.550. The maximum absolute atomic E-state index is 4.76. The zero-order chi connectivity index (χ0) is 18.2. The van der Waals surface area contributed by atoms with Crippen LogP contribution < -0.4 is 10.6 Å². The molecule has 0 aliphatic carbocycles. The van der Waals surface area contributed by atoms with Gasteiger partial charge in [-0.15, -0.1) is 34.2 Å². The fourth-order valence-electron chi connectivity index (χ4n) is 3.40. The highest BCUT2D eigenvalue weighted by atomic mass is 127. The molecule has 27 heavy (non-hydrogen) atoms. The van der Waals surface area contributed by atoms with Crippen molar-refractivity contribution in [1.82, 2.24) is 25.4 Å². The summed E-state index contributed by atoms with van der Waals surface area (Å²) in [5.41, 5.74) is 2.64. The van der Waals surface area contributed by atoms with Crippen molar-refractivity contribution in [2.24, 2.45) is 4.99 Å². The van der Waals surface area contributed by atoms with Crippen LogP contribution in [0.1, 0.15) is 55.9 Å². The first-order valence-electron chi connectivity index (χ1n) is 9.81. The number of aryl methyl sites for hydroxylation is 2. The molecule has 2 aromatic rings. The van der Waals surface area contributed by atoms with Gasteiger partial charge in [-0.3, -0.25) is 0 Å². The second-order valence-electron chi connectivity index (χ2n) is 6.67. The van der Waals surface area contributed by atoms with Gasteiger partial charge in [-0.1, -0.05) is 37.6 Å². The summed E-state index contributed by atoms with van der Waals surface area (Å²) < 4.78 is 2.27. The Bertz CT molecular complexity index is 740. The lowest BCUT2D eigenvalue weighted by molar-refractivity contribution is 0.596. The molecule has 0 saturated heterocycles. The predicted octanol–water partition coefficient (Wildman–Crippen LogP) is 3.44. The molecule has 0 unspecified atom stereocenters. The first kappa shape index (κ1) is 21.7. The molecule has 148 valence electrons. The number of guanidine groups is 1. The molecule has 2 heterocycles. The van der Waals surface area contributed by atoms with Crippen LogP contribution in [0.25, 0.3) is 0 Å². The van der Waals surface area contributed by atoms with Crippen LogP contribution in [0.2, 0.25) is 0 Å². The predicted molar refractivity (Wildman–Crippen MR) is 120 cm³/mol. The van der Waals surface area contributed by atoms with Crippen LogP contribution >= 0.6 is 24.0 Å². The Morgan fingerprint density at radius 2 is 1.89 bits per heavy atom. The normalized spacial score (nSPS) is 14.1. The smallest absolute Gasteiger partial charge is 0.191 e. The molecule has 0 spiro atoms. The highest BCUT2D eigenvalue weighted by Crippen LogP contribution is 2.14. The monoisotopic (exact) mass is 482 g/mol. The molecule has 2 N–H and O–H groups in total. The molecule has 3 rings (SSSR count). The molecule has 0 bridgehead atoms. The molecule has 1 aromatic carbocycles. The van der Waals surface area contributed by atoms with E-state index in [2.05, 4.69) is 63.5 Å². The quantitative estimate of drug-likeness (QED) is 0.376. The van der Waals surface area contributed by atoms with Crippen molar-refractivity contribution >= 4 is 29.9 Å². The van der Waals surface area contributed by atoms with Crippen molar-refractivity contribution in [2.75, 3.05) is 6.54 Å². The van der Waals surface area contributed by atoms with Crippen molar-refractivity contribution in [3.63, 3.8) is 0 Å². The molecule has 0 amide bonds. The van der Waals surface area contributed by atoms with Crippen LogP contribution in [-0.4, -0.2) is 27.3 Å². The van der Waals surface area contributed by atoms with Crippen LogP contribution in [0.15, 0.2) is 29.3 Å². The summed E-state index contributed by atoms with van der Waals surface area (Å²) >= 11 is 0. The van der Waals surface area contributed by atoms with Crippen molar-refractivity contribution in [3.05, 3.63) is 47.0 Å². The molecule has 7 heteroatoms. The van der Waals surface area contributed by atoms with Crippen molar-refractivity contribution < 1.29 is 0 Å². The zero-order valence-electron chi connectivity index (χ0n) is 16.4. The standard InChI is InChI=1S/C20H30N6.HI/c1-3-16-10-7-8-11-17(16)14-22-20(21-4-2)23-15-19-25-24-18-12-6-5-9-13-26(18)19;/h7-8,10-11H,3-6,9,12-15H2,1-2H3,(H2,21,22,23);1H. The third-order valence-corrected chi connectivity index (χ3v) is 4.85. The lowest BCUT2D eigenvalue weighted by Gasteiger charge is -2.13. The third kappa shape index (κ3) is 5.92. The maximum atomic E-state index is 4.76. The van der Waals surface area contributed by atoms with Crippen molar-refractivity contribution in [1.29, 1.82) is 0 Å². The minimum atomic E-state index is 0. The van der Waals surface area contributed by atoms with Crippen LogP contribution in [-0.2, 0) is 32.5 Å². The molecule has 6 nitrogen and oxygen atoms in total. The highest BCUT2D eigenvalue weighted by molar-refractivity contribution is 14.0. The van der Waals surface area contributed by atoms with Crippen molar-refractivity contribution in [2.45, 2.75) is 65.6 Å². The molecular weight excluding hydrogens is 451 g/mol. The number of benzene rings is 1. The first-order valence-corrected chi connectivity index (χ1v) is 9.81. The number of nitrogens with one attached hydrogen (secondary N) is 2. The van der Waals surface area contributed by atoms with E-state index < -0.39 is 0 Å². The first-order chi connectivity index (χ1) is 12.8. The summed E-state index contributed by atoms with van der Waals surface area (Å²) in [4.78, 5) is 4.76. The second-order valence-corrected chi connectivity index (χ2v) is 6.67. The van der Waals surface area contributed by atoms with E-state index in [4.69, 9.17) is 4.99 Å². The van der Waals surface area contributed by atoms with E-state index in [-0.39, 0.29) is 24.0 Å². The molecule has 1 aliphatic heterocycles. The lowest BCUT2D eigenvalue weighted by atomic mass is 10.1. The number of rotatable bonds is 6. The van der Waals surface area contributed by atoms with Gasteiger partial charge in [0.15, 0.2) is 11.8 Å². The van der Waals surface area contributed by atoms with E-state index >= 15 is 0 Å². The SMILES string of the molecule is CCNC(=NCc1ccccc1CC)NCc1nnc2n1CCCCC2.I. The summed E-state index contributed by atoms with van der Waals surface area (Å²) in [5.74, 6) is 2.95. The maximum Gasteiger partial charge on any atom is 0.191 e. The van der Waals surface area contributed by atoms with Gasteiger partial charge in [-0.25, -0.2) is 4.99 Å². The lowest BCUT2D eigenvalue weighted by Crippen LogP contribution is -2.37.